The highest BCUT2D eigenvalue weighted by Gasteiger charge is 2.29. The summed E-state index contributed by atoms with van der Waals surface area (Å²) in [6.45, 7) is 10.9. The number of aliphatic imine (C=N–C) groups is 1. The van der Waals surface area contributed by atoms with E-state index in [1.54, 1.807) is 0 Å². The molecular formula is C20H34IN3O2. The van der Waals surface area contributed by atoms with Crippen molar-refractivity contribution in [3.8, 4) is 0 Å². The van der Waals surface area contributed by atoms with Crippen molar-refractivity contribution in [3.05, 3.63) is 35.4 Å². The molecule has 2 N–H and O–H groups in total. The molecule has 2 rings (SSSR count). The Bertz CT molecular complexity index is 546. The van der Waals surface area contributed by atoms with E-state index in [9.17, 15) is 0 Å². The first kappa shape index (κ1) is 23.2. The lowest BCUT2D eigenvalue weighted by atomic mass is 10.0. The third-order valence-corrected chi connectivity index (χ3v) is 4.41. The topological polar surface area (TPSA) is 54.9 Å². The third kappa shape index (κ3) is 7.80. The zero-order valence-electron chi connectivity index (χ0n) is 16.3. The molecule has 26 heavy (non-hydrogen) atoms. The Morgan fingerprint density at radius 1 is 1.23 bits per heavy atom. The first-order chi connectivity index (χ1) is 12.2. The molecule has 1 saturated heterocycles. The van der Waals surface area contributed by atoms with Crippen molar-refractivity contribution in [2.75, 3.05) is 26.3 Å². The molecule has 1 aliphatic rings. The summed E-state index contributed by atoms with van der Waals surface area (Å²) in [6, 6.07) is 8.36. The van der Waals surface area contributed by atoms with Crippen LogP contribution in [0.3, 0.4) is 0 Å². The molecule has 1 aromatic rings. The van der Waals surface area contributed by atoms with Crippen LogP contribution in [-0.4, -0.2) is 37.9 Å². The minimum atomic E-state index is -0.0813. The van der Waals surface area contributed by atoms with E-state index in [0.29, 0.717) is 13.2 Å². The van der Waals surface area contributed by atoms with Gasteiger partial charge >= 0.3 is 0 Å². The highest BCUT2D eigenvalue weighted by atomic mass is 127. The van der Waals surface area contributed by atoms with Crippen LogP contribution in [0.1, 0.15) is 51.2 Å². The Morgan fingerprint density at radius 2 is 2.00 bits per heavy atom. The second kappa shape index (κ2) is 12.5. The number of halogens is 1. The predicted molar refractivity (Wildman–Crippen MR) is 118 cm³/mol. The SMILES string of the molecule is CCCOCc1ccccc1CN=C(NCC)NCC1(C)CCCO1.I. The van der Waals surface area contributed by atoms with Gasteiger partial charge in [-0.3, -0.25) is 0 Å². The number of nitrogens with one attached hydrogen (secondary N) is 2. The normalized spacial score (nSPS) is 19.9. The minimum absolute atomic E-state index is 0. The Hall–Kier alpha value is -0.860. The van der Waals surface area contributed by atoms with Gasteiger partial charge in [0.2, 0.25) is 0 Å². The van der Waals surface area contributed by atoms with E-state index in [4.69, 9.17) is 14.5 Å². The van der Waals surface area contributed by atoms with Crippen LogP contribution in [0, 0.1) is 0 Å². The highest BCUT2D eigenvalue weighted by molar-refractivity contribution is 14.0. The quantitative estimate of drug-likeness (QED) is 0.247. The molecule has 1 atom stereocenters. The molecule has 0 aromatic heterocycles. The van der Waals surface area contributed by atoms with Gasteiger partial charge in [0.05, 0.1) is 18.8 Å². The molecule has 0 spiro atoms. The number of ether oxygens (including phenoxy) is 2. The number of guanidine groups is 1. The minimum Gasteiger partial charge on any atom is -0.377 e. The standard InChI is InChI=1S/C20H33N3O2.HI/c1-4-12-24-15-18-10-7-6-9-17(18)14-22-19(21-5-2)23-16-20(3)11-8-13-25-20;/h6-7,9-10H,4-5,8,11-16H2,1-3H3,(H2,21,22,23);1H. The van der Waals surface area contributed by atoms with Crippen molar-refractivity contribution in [2.45, 2.75) is 58.8 Å². The molecule has 1 fully saturated rings. The molecule has 6 heteroatoms. The fraction of sp³-hybridized carbons (Fsp3) is 0.650. The maximum atomic E-state index is 5.84. The van der Waals surface area contributed by atoms with Gasteiger partial charge < -0.3 is 20.1 Å². The number of benzene rings is 1. The summed E-state index contributed by atoms with van der Waals surface area (Å²) in [7, 11) is 0. The lowest BCUT2D eigenvalue weighted by Gasteiger charge is -2.24. The van der Waals surface area contributed by atoms with Crippen LogP contribution in [0.4, 0.5) is 0 Å². The molecule has 0 radical (unpaired) electrons. The fourth-order valence-corrected chi connectivity index (χ4v) is 2.93. The summed E-state index contributed by atoms with van der Waals surface area (Å²) in [5, 5.41) is 6.75. The number of hydrogen-bond donors (Lipinski definition) is 2. The van der Waals surface area contributed by atoms with Crippen LogP contribution in [0.15, 0.2) is 29.3 Å². The van der Waals surface area contributed by atoms with E-state index >= 15 is 0 Å². The summed E-state index contributed by atoms with van der Waals surface area (Å²) >= 11 is 0. The lowest BCUT2D eigenvalue weighted by Crippen LogP contribution is -2.45. The van der Waals surface area contributed by atoms with Crippen LogP contribution in [0.5, 0.6) is 0 Å². The summed E-state index contributed by atoms with van der Waals surface area (Å²) in [5.74, 6) is 0.837. The molecule has 0 amide bonds. The van der Waals surface area contributed by atoms with Gasteiger partial charge in [-0.25, -0.2) is 4.99 Å². The van der Waals surface area contributed by atoms with E-state index in [0.717, 1.165) is 51.5 Å². The number of hydrogen-bond acceptors (Lipinski definition) is 3. The van der Waals surface area contributed by atoms with Gasteiger partial charge in [0.1, 0.15) is 0 Å². The number of rotatable bonds is 9. The van der Waals surface area contributed by atoms with Crippen molar-refractivity contribution in [2.24, 2.45) is 4.99 Å². The first-order valence-corrected chi connectivity index (χ1v) is 9.47. The monoisotopic (exact) mass is 475 g/mol. The molecule has 1 aromatic carbocycles. The molecule has 0 aliphatic carbocycles. The highest BCUT2D eigenvalue weighted by Crippen LogP contribution is 2.23. The number of nitrogens with zero attached hydrogens (tertiary/aromatic N) is 1. The average Bonchev–Trinajstić information content (AvgIpc) is 3.05. The molecule has 1 aliphatic heterocycles. The van der Waals surface area contributed by atoms with Crippen LogP contribution < -0.4 is 10.6 Å². The molecule has 1 heterocycles. The summed E-state index contributed by atoms with van der Waals surface area (Å²) in [4.78, 5) is 4.75. The third-order valence-electron chi connectivity index (χ3n) is 4.41. The Kier molecular flexibility index (Phi) is 11.2. The van der Waals surface area contributed by atoms with Crippen LogP contribution in [-0.2, 0) is 22.6 Å². The first-order valence-electron chi connectivity index (χ1n) is 9.47. The molecule has 0 bridgehead atoms. The van der Waals surface area contributed by atoms with Crippen molar-refractivity contribution >= 4 is 29.9 Å². The van der Waals surface area contributed by atoms with E-state index in [1.165, 1.54) is 11.1 Å². The molecule has 0 saturated carbocycles. The van der Waals surface area contributed by atoms with Gasteiger partial charge in [-0.2, -0.15) is 0 Å². The van der Waals surface area contributed by atoms with E-state index < -0.39 is 0 Å². The zero-order chi connectivity index (χ0) is 18.0. The maximum Gasteiger partial charge on any atom is 0.191 e. The van der Waals surface area contributed by atoms with Gasteiger partial charge in [-0.1, -0.05) is 31.2 Å². The van der Waals surface area contributed by atoms with Crippen molar-refractivity contribution in [1.29, 1.82) is 0 Å². The van der Waals surface area contributed by atoms with Crippen molar-refractivity contribution < 1.29 is 9.47 Å². The predicted octanol–water partition coefficient (Wildman–Crippen LogP) is 3.86. The molecule has 148 valence electrons. The van der Waals surface area contributed by atoms with Crippen molar-refractivity contribution in [1.82, 2.24) is 10.6 Å². The van der Waals surface area contributed by atoms with Crippen LogP contribution in [0.2, 0.25) is 0 Å². The summed E-state index contributed by atoms with van der Waals surface area (Å²) in [6.07, 6.45) is 3.27. The van der Waals surface area contributed by atoms with Gasteiger partial charge in [0.25, 0.3) is 0 Å². The van der Waals surface area contributed by atoms with Gasteiger partial charge in [-0.15, -0.1) is 24.0 Å². The fourth-order valence-electron chi connectivity index (χ4n) is 2.93. The molecule has 1 unspecified atom stereocenters. The molecular weight excluding hydrogens is 441 g/mol. The van der Waals surface area contributed by atoms with Crippen LogP contribution >= 0.6 is 24.0 Å². The van der Waals surface area contributed by atoms with Gasteiger partial charge in [-0.05, 0) is 44.2 Å². The van der Waals surface area contributed by atoms with Crippen LogP contribution in [0.25, 0.3) is 0 Å². The Labute approximate surface area is 175 Å². The van der Waals surface area contributed by atoms with Crippen molar-refractivity contribution in [3.63, 3.8) is 0 Å². The second-order valence-corrected chi connectivity index (χ2v) is 6.77. The average molecular weight is 475 g/mol. The Balaban J connectivity index is 0.00000338. The van der Waals surface area contributed by atoms with Gasteiger partial charge in [0, 0.05) is 26.3 Å². The van der Waals surface area contributed by atoms with Gasteiger partial charge in [0.15, 0.2) is 5.96 Å². The largest absolute Gasteiger partial charge is 0.377 e. The lowest BCUT2D eigenvalue weighted by molar-refractivity contribution is 0.0243. The molecule has 5 nitrogen and oxygen atoms in total. The van der Waals surface area contributed by atoms with E-state index in [1.807, 2.05) is 0 Å². The summed E-state index contributed by atoms with van der Waals surface area (Å²) < 4.78 is 11.5. The smallest absolute Gasteiger partial charge is 0.191 e. The second-order valence-electron chi connectivity index (χ2n) is 6.77. The zero-order valence-corrected chi connectivity index (χ0v) is 18.7. The van der Waals surface area contributed by atoms with E-state index in [-0.39, 0.29) is 29.6 Å². The maximum absolute atomic E-state index is 5.84. The Morgan fingerprint density at radius 3 is 2.65 bits per heavy atom. The van der Waals surface area contributed by atoms with E-state index in [2.05, 4.69) is 55.7 Å². The summed E-state index contributed by atoms with van der Waals surface area (Å²) in [5.41, 5.74) is 2.34.